The zero-order valence-corrected chi connectivity index (χ0v) is 20.8. The van der Waals surface area contributed by atoms with E-state index in [1.165, 1.54) is 57.6 Å². The maximum absolute atomic E-state index is 4.96. The number of anilines is 1. The monoisotopic (exact) mass is 457 g/mol. The summed E-state index contributed by atoms with van der Waals surface area (Å²) in [6, 6.07) is 0. The predicted molar refractivity (Wildman–Crippen MR) is 146 cm³/mol. The molecule has 0 atom stereocenters. The van der Waals surface area contributed by atoms with Gasteiger partial charge in [0.25, 0.3) is 0 Å². The molecule has 5 nitrogen and oxygen atoms in total. The van der Waals surface area contributed by atoms with E-state index in [4.69, 9.17) is 4.98 Å². The number of nitrogens with one attached hydrogen (secondary N) is 1. The molecule has 0 spiro atoms. The van der Waals surface area contributed by atoms with Gasteiger partial charge in [0.05, 0.1) is 5.69 Å². The Morgan fingerprint density at radius 2 is 1.88 bits per heavy atom. The van der Waals surface area contributed by atoms with Gasteiger partial charge in [-0.3, -0.25) is 4.99 Å². The number of hydrogen-bond acceptors (Lipinski definition) is 4. The van der Waals surface area contributed by atoms with Crippen LogP contribution >= 0.6 is 0 Å². The van der Waals surface area contributed by atoms with Gasteiger partial charge in [-0.25, -0.2) is 9.97 Å². The van der Waals surface area contributed by atoms with Crippen molar-refractivity contribution < 1.29 is 0 Å². The first-order valence-electron chi connectivity index (χ1n) is 12.6. The van der Waals surface area contributed by atoms with Crippen LogP contribution in [0.4, 0.5) is 5.82 Å². The van der Waals surface area contributed by atoms with Crippen LogP contribution < -0.4 is 5.32 Å². The van der Waals surface area contributed by atoms with Crippen LogP contribution in [0.1, 0.15) is 70.9 Å². The quantitative estimate of drug-likeness (QED) is 0.296. The second kappa shape index (κ2) is 13.5. The third-order valence-electron chi connectivity index (χ3n) is 6.39. The summed E-state index contributed by atoms with van der Waals surface area (Å²) in [5.74, 6) is 1.61. The van der Waals surface area contributed by atoms with Crippen molar-refractivity contribution in [3.8, 4) is 0 Å². The number of rotatable bonds is 10. The lowest BCUT2D eigenvalue weighted by molar-refractivity contribution is 0.365. The van der Waals surface area contributed by atoms with E-state index in [9.17, 15) is 0 Å². The molecule has 2 heterocycles. The fraction of sp³-hybridized carbons (Fsp3) is 0.414. The normalized spacial score (nSPS) is 16.8. The van der Waals surface area contributed by atoms with Crippen LogP contribution in [0.25, 0.3) is 11.2 Å². The number of hydrogen-bond donors (Lipinski definition) is 1. The lowest BCUT2D eigenvalue weighted by Crippen LogP contribution is -2.13. The molecule has 0 amide bonds. The summed E-state index contributed by atoms with van der Waals surface area (Å²) >= 11 is 0. The van der Waals surface area contributed by atoms with Crippen molar-refractivity contribution in [3.63, 3.8) is 0 Å². The van der Waals surface area contributed by atoms with Gasteiger partial charge in [0.15, 0.2) is 11.5 Å². The van der Waals surface area contributed by atoms with Gasteiger partial charge in [-0.15, -0.1) is 0 Å². The molecule has 1 aliphatic carbocycles. The third-order valence-corrected chi connectivity index (χ3v) is 6.39. The van der Waals surface area contributed by atoms with Crippen molar-refractivity contribution in [2.24, 2.45) is 10.9 Å². The molecule has 1 fully saturated rings. The van der Waals surface area contributed by atoms with E-state index in [0.29, 0.717) is 0 Å². The molecular formula is C29H39N5. The highest BCUT2D eigenvalue weighted by Gasteiger charge is 2.15. The van der Waals surface area contributed by atoms with Gasteiger partial charge in [0.1, 0.15) is 0 Å². The lowest BCUT2D eigenvalue weighted by Gasteiger charge is -2.20. The highest BCUT2D eigenvalue weighted by molar-refractivity contribution is 5.93. The molecule has 5 heteroatoms. The maximum Gasteiger partial charge on any atom is 0.180 e. The van der Waals surface area contributed by atoms with Gasteiger partial charge >= 0.3 is 0 Å². The Bertz CT molecular complexity index is 1080. The molecule has 0 bridgehead atoms. The van der Waals surface area contributed by atoms with Crippen LogP contribution in [0.5, 0.6) is 0 Å². The van der Waals surface area contributed by atoms with Crippen LogP contribution in [0.2, 0.25) is 0 Å². The van der Waals surface area contributed by atoms with Crippen LogP contribution in [0, 0.1) is 5.92 Å². The highest BCUT2D eigenvalue weighted by Crippen LogP contribution is 2.28. The second-order valence-corrected chi connectivity index (χ2v) is 8.87. The summed E-state index contributed by atoms with van der Waals surface area (Å²) in [5, 5.41) is 3.59. The Hall–Kier alpha value is -3.21. The molecule has 2 aromatic rings. The maximum atomic E-state index is 4.96. The van der Waals surface area contributed by atoms with E-state index in [2.05, 4.69) is 28.5 Å². The molecule has 3 rings (SSSR count). The van der Waals surface area contributed by atoms with Crippen molar-refractivity contribution in [2.75, 3.05) is 11.9 Å². The Morgan fingerprint density at radius 1 is 1.15 bits per heavy atom. The predicted octanol–water partition coefficient (Wildman–Crippen LogP) is 7.57. The largest absolute Gasteiger partial charge is 0.367 e. The average Bonchev–Trinajstić information content (AvgIpc) is 3.30. The van der Waals surface area contributed by atoms with Gasteiger partial charge < -0.3 is 9.72 Å². The first kappa shape index (κ1) is 25.4. The molecule has 0 aromatic carbocycles. The molecule has 2 aromatic heterocycles. The highest BCUT2D eigenvalue weighted by atomic mass is 15.1. The number of aliphatic imine (C=N–C) groups is 1. The van der Waals surface area contributed by atoms with Gasteiger partial charge in [0, 0.05) is 48.7 Å². The first-order chi connectivity index (χ1) is 16.7. The Balaban J connectivity index is 1.87. The first-order valence-corrected chi connectivity index (χ1v) is 12.6. The molecule has 0 unspecified atom stereocenters. The number of aromatic nitrogens is 3. The summed E-state index contributed by atoms with van der Waals surface area (Å²) in [7, 11) is 0. The van der Waals surface area contributed by atoms with Gasteiger partial charge in [-0.2, -0.15) is 0 Å². The molecule has 34 heavy (non-hydrogen) atoms. The SMILES string of the molecule is C=C\N=C/C(/C=C\C)=C(/C=C\C)C(=C)c1cn2ccnc2c(NCCC2CCCCCCC2)n1. The molecule has 1 saturated carbocycles. The summed E-state index contributed by atoms with van der Waals surface area (Å²) < 4.78 is 2.02. The minimum atomic E-state index is 0.804. The van der Waals surface area contributed by atoms with Gasteiger partial charge in [0.2, 0.25) is 0 Å². The van der Waals surface area contributed by atoms with E-state index in [1.54, 1.807) is 6.21 Å². The summed E-state index contributed by atoms with van der Waals surface area (Å²) in [6.45, 7) is 13.0. The molecule has 1 N–H and O–H groups in total. The topological polar surface area (TPSA) is 54.6 Å². The standard InChI is InChI=1S/C29H39N5/c1-5-13-25(21-30-7-3)26(14-6-2)23(4)27-22-34-20-19-32-29(34)28(33-27)31-18-17-24-15-11-9-8-10-12-16-24/h5-7,13-14,19-22,24H,3-4,8-12,15-18H2,1-2H3,(H,31,33)/b13-5-,14-6-,26-25-,30-21-. The van der Waals surface area contributed by atoms with Crippen LogP contribution in [-0.4, -0.2) is 27.1 Å². The molecule has 180 valence electrons. The number of allylic oxidation sites excluding steroid dienone is 7. The van der Waals surface area contributed by atoms with Crippen LogP contribution in [0.3, 0.4) is 0 Å². The van der Waals surface area contributed by atoms with E-state index < -0.39 is 0 Å². The fourth-order valence-electron chi connectivity index (χ4n) is 4.61. The van der Waals surface area contributed by atoms with Crippen molar-refractivity contribution >= 4 is 23.3 Å². The van der Waals surface area contributed by atoms with E-state index >= 15 is 0 Å². The summed E-state index contributed by atoms with van der Waals surface area (Å²) in [6.07, 6.45) is 28.0. The van der Waals surface area contributed by atoms with Crippen molar-refractivity contribution in [2.45, 2.75) is 65.2 Å². The molecular weight excluding hydrogens is 418 g/mol. The Labute approximate surface area is 204 Å². The zero-order chi connectivity index (χ0) is 24.2. The molecule has 1 aliphatic rings. The minimum absolute atomic E-state index is 0.804. The molecule has 0 radical (unpaired) electrons. The Kier molecular flexibility index (Phi) is 10.1. The average molecular weight is 458 g/mol. The Morgan fingerprint density at radius 3 is 2.59 bits per heavy atom. The van der Waals surface area contributed by atoms with Crippen LogP contribution in [0.15, 0.2) is 78.4 Å². The van der Waals surface area contributed by atoms with E-state index in [0.717, 1.165) is 46.3 Å². The van der Waals surface area contributed by atoms with Crippen molar-refractivity contribution in [1.29, 1.82) is 0 Å². The van der Waals surface area contributed by atoms with Gasteiger partial charge in [-0.05, 0) is 31.8 Å². The van der Waals surface area contributed by atoms with Crippen molar-refractivity contribution in [3.05, 3.63) is 79.1 Å². The molecule has 0 saturated heterocycles. The fourth-order valence-corrected chi connectivity index (χ4v) is 4.61. The summed E-state index contributed by atoms with van der Waals surface area (Å²) in [5.41, 5.74) is 4.41. The molecule has 0 aliphatic heterocycles. The van der Waals surface area contributed by atoms with Gasteiger partial charge in [-0.1, -0.05) is 82.4 Å². The summed E-state index contributed by atoms with van der Waals surface area (Å²) in [4.78, 5) is 13.7. The minimum Gasteiger partial charge on any atom is -0.367 e. The number of nitrogens with zero attached hydrogens (tertiary/aromatic N) is 4. The third kappa shape index (κ3) is 6.89. The zero-order valence-electron chi connectivity index (χ0n) is 20.8. The number of imidazole rings is 1. The lowest BCUT2D eigenvalue weighted by atomic mass is 9.89. The van der Waals surface area contributed by atoms with E-state index in [-0.39, 0.29) is 0 Å². The number of fused-ring (bicyclic) bond motifs is 1. The second-order valence-electron chi connectivity index (χ2n) is 8.87. The smallest absolute Gasteiger partial charge is 0.180 e. The van der Waals surface area contributed by atoms with E-state index in [1.807, 2.05) is 61.1 Å². The van der Waals surface area contributed by atoms with Crippen LogP contribution in [-0.2, 0) is 0 Å². The van der Waals surface area contributed by atoms with Crippen molar-refractivity contribution in [1.82, 2.24) is 14.4 Å².